The fraction of sp³-hybridized carbons (Fsp3) is 0.333. The van der Waals surface area contributed by atoms with Crippen LogP contribution in [0.25, 0.3) is 0 Å². The highest BCUT2D eigenvalue weighted by Gasteiger charge is 2.12. The molecule has 0 aliphatic carbocycles. The van der Waals surface area contributed by atoms with Gasteiger partial charge >= 0.3 is 0 Å². The zero-order valence-electron chi connectivity index (χ0n) is 12.7. The zero-order valence-corrected chi connectivity index (χ0v) is 12.7. The molecule has 0 spiro atoms. The summed E-state index contributed by atoms with van der Waals surface area (Å²) in [5, 5.41) is 3.53. The summed E-state index contributed by atoms with van der Waals surface area (Å²) in [6.07, 6.45) is 1.01. The Bertz CT molecular complexity index is 528. The Balaban J connectivity index is 1.85. The van der Waals surface area contributed by atoms with E-state index in [1.807, 2.05) is 48.5 Å². The summed E-state index contributed by atoms with van der Waals surface area (Å²) in [6.45, 7) is 3.61. The Morgan fingerprint density at radius 3 is 2.43 bits per heavy atom. The van der Waals surface area contributed by atoms with Crippen LogP contribution in [0.3, 0.4) is 0 Å². The number of benzene rings is 2. The van der Waals surface area contributed by atoms with Gasteiger partial charge in [0.2, 0.25) is 0 Å². The van der Waals surface area contributed by atoms with Crippen molar-refractivity contribution in [2.75, 3.05) is 20.3 Å². The molecule has 2 aromatic carbocycles. The molecule has 1 atom stereocenters. The van der Waals surface area contributed by atoms with Crippen molar-refractivity contribution in [3.63, 3.8) is 0 Å². The van der Waals surface area contributed by atoms with Crippen molar-refractivity contribution in [2.45, 2.75) is 19.4 Å². The minimum Gasteiger partial charge on any atom is -0.496 e. The van der Waals surface area contributed by atoms with Gasteiger partial charge in [0.05, 0.1) is 7.11 Å². The second kappa shape index (κ2) is 8.32. The van der Waals surface area contributed by atoms with Crippen LogP contribution in [0.5, 0.6) is 11.5 Å². The van der Waals surface area contributed by atoms with E-state index < -0.39 is 0 Å². The molecule has 0 aromatic heterocycles. The molecule has 0 saturated heterocycles. The van der Waals surface area contributed by atoms with Crippen molar-refractivity contribution in [3.05, 3.63) is 60.2 Å². The summed E-state index contributed by atoms with van der Waals surface area (Å²) in [4.78, 5) is 0. The van der Waals surface area contributed by atoms with Crippen LogP contribution in [0, 0.1) is 0 Å². The van der Waals surface area contributed by atoms with Crippen LogP contribution in [0.2, 0.25) is 0 Å². The number of para-hydroxylation sites is 2. The Kier molecular flexibility index (Phi) is 6.10. The zero-order chi connectivity index (χ0) is 14.9. The number of nitrogens with one attached hydrogen (secondary N) is 1. The molecule has 0 heterocycles. The third-order valence-corrected chi connectivity index (χ3v) is 3.43. The molecule has 1 unspecified atom stereocenters. The van der Waals surface area contributed by atoms with E-state index in [1.165, 1.54) is 5.56 Å². The number of rotatable bonds is 8. The number of hydrogen-bond donors (Lipinski definition) is 1. The van der Waals surface area contributed by atoms with Crippen LogP contribution in [0.4, 0.5) is 0 Å². The third kappa shape index (κ3) is 4.50. The smallest absolute Gasteiger partial charge is 0.123 e. The minimum atomic E-state index is 0.278. The summed E-state index contributed by atoms with van der Waals surface area (Å²) in [5.41, 5.74) is 1.20. The summed E-state index contributed by atoms with van der Waals surface area (Å²) in [6, 6.07) is 18.3. The first-order chi connectivity index (χ1) is 10.3. The molecule has 112 valence electrons. The van der Waals surface area contributed by atoms with Gasteiger partial charge in [0.25, 0.3) is 0 Å². The summed E-state index contributed by atoms with van der Waals surface area (Å²) >= 11 is 0. The highest BCUT2D eigenvalue weighted by atomic mass is 16.5. The van der Waals surface area contributed by atoms with Crippen LogP contribution >= 0.6 is 0 Å². The lowest BCUT2D eigenvalue weighted by molar-refractivity contribution is 0.302. The molecule has 2 rings (SSSR count). The van der Waals surface area contributed by atoms with Gasteiger partial charge in [-0.1, -0.05) is 43.3 Å². The maximum Gasteiger partial charge on any atom is 0.123 e. The third-order valence-electron chi connectivity index (χ3n) is 3.43. The van der Waals surface area contributed by atoms with Crippen molar-refractivity contribution in [3.8, 4) is 11.5 Å². The summed E-state index contributed by atoms with van der Waals surface area (Å²) in [5.74, 6) is 1.84. The Morgan fingerprint density at radius 2 is 1.71 bits per heavy atom. The Morgan fingerprint density at radius 1 is 1.00 bits per heavy atom. The maximum absolute atomic E-state index is 5.70. The molecular weight excluding hydrogens is 262 g/mol. The van der Waals surface area contributed by atoms with E-state index in [0.717, 1.165) is 24.5 Å². The first-order valence-corrected chi connectivity index (χ1v) is 7.39. The van der Waals surface area contributed by atoms with Gasteiger partial charge in [-0.25, -0.2) is 0 Å². The first kappa shape index (κ1) is 15.4. The predicted octanol–water partition coefficient (Wildman–Crippen LogP) is 3.81. The van der Waals surface area contributed by atoms with Gasteiger partial charge in [-0.05, 0) is 24.6 Å². The highest BCUT2D eigenvalue weighted by molar-refractivity contribution is 5.35. The largest absolute Gasteiger partial charge is 0.496 e. The lowest BCUT2D eigenvalue weighted by Gasteiger charge is -2.20. The molecule has 0 fully saturated rings. The SMILES string of the molecule is CCC(NCCOc1ccccc1)c1ccccc1OC. The normalized spacial score (nSPS) is 11.9. The number of hydrogen-bond acceptors (Lipinski definition) is 3. The van der Waals surface area contributed by atoms with Gasteiger partial charge in [-0.15, -0.1) is 0 Å². The molecule has 0 bridgehead atoms. The van der Waals surface area contributed by atoms with Crippen LogP contribution in [0.1, 0.15) is 24.9 Å². The quantitative estimate of drug-likeness (QED) is 0.748. The van der Waals surface area contributed by atoms with Gasteiger partial charge in [0.1, 0.15) is 18.1 Å². The van der Waals surface area contributed by atoms with E-state index in [2.05, 4.69) is 18.3 Å². The standard InChI is InChI=1S/C18H23NO2/c1-3-17(16-11-7-8-12-18(16)20-2)19-13-14-21-15-9-5-4-6-10-15/h4-12,17,19H,3,13-14H2,1-2H3. The van der Waals surface area contributed by atoms with Crippen LogP contribution in [0.15, 0.2) is 54.6 Å². The Hall–Kier alpha value is -2.00. The second-order valence-corrected chi connectivity index (χ2v) is 4.82. The van der Waals surface area contributed by atoms with Gasteiger partial charge in [0.15, 0.2) is 0 Å². The van der Waals surface area contributed by atoms with Crippen molar-refractivity contribution in [1.29, 1.82) is 0 Å². The monoisotopic (exact) mass is 285 g/mol. The lowest BCUT2D eigenvalue weighted by Crippen LogP contribution is -2.26. The van der Waals surface area contributed by atoms with E-state index in [9.17, 15) is 0 Å². The maximum atomic E-state index is 5.70. The number of methoxy groups -OCH3 is 1. The minimum absolute atomic E-state index is 0.278. The Labute approximate surface area is 126 Å². The van der Waals surface area contributed by atoms with E-state index >= 15 is 0 Å². The van der Waals surface area contributed by atoms with Gasteiger partial charge < -0.3 is 14.8 Å². The van der Waals surface area contributed by atoms with Crippen LogP contribution < -0.4 is 14.8 Å². The van der Waals surface area contributed by atoms with Gasteiger partial charge in [-0.3, -0.25) is 0 Å². The topological polar surface area (TPSA) is 30.5 Å². The molecule has 0 amide bonds. The molecule has 3 heteroatoms. The number of ether oxygens (including phenoxy) is 2. The van der Waals surface area contributed by atoms with Gasteiger partial charge in [0, 0.05) is 18.2 Å². The van der Waals surface area contributed by atoms with Crippen molar-refractivity contribution >= 4 is 0 Å². The summed E-state index contributed by atoms with van der Waals surface area (Å²) < 4.78 is 11.1. The molecule has 21 heavy (non-hydrogen) atoms. The molecule has 0 radical (unpaired) electrons. The van der Waals surface area contributed by atoms with Crippen molar-refractivity contribution in [1.82, 2.24) is 5.32 Å². The lowest BCUT2D eigenvalue weighted by atomic mass is 10.0. The van der Waals surface area contributed by atoms with Crippen LogP contribution in [-0.4, -0.2) is 20.3 Å². The highest BCUT2D eigenvalue weighted by Crippen LogP contribution is 2.26. The van der Waals surface area contributed by atoms with E-state index in [0.29, 0.717) is 6.61 Å². The predicted molar refractivity (Wildman–Crippen MR) is 86.0 cm³/mol. The molecule has 2 aromatic rings. The van der Waals surface area contributed by atoms with Crippen LogP contribution in [-0.2, 0) is 0 Å². The molecular formula is C18H23NO2. The van der Waals surface area contributed by atoms with E-state index in [-0.39, 0.29) is 6.04 Å². The van der Waals surface area contributed by atoms with E-state index in [1.54, 1.807) is 7.11 Å². The molecule has 3 nitrogen and oxygen atoms in total. The summed E-state index contributed by atoms with van der Waals surface area (Å²) in [7, 11) is 1.71. The fourth-order valence-electron chi connectivity index (χ4n) is 2.35. The molecule has 0 aliphatic heterocycles. The fourth-order valence-corrected chi connectivity index (χ4v) is 2.35. The van der Waals surface area contributed by atoms with Gasteiger partial charge in [-0.2, -0.15) is 0 Å². The van der Waals surface area contributed by atoms with Crippen molar-refractivity contribution < 1.29 is 9.47 Å². The second-order valence-electron chi connectivity index (χ2n) is 4.82. The molecule has 0 aliphatic rings. The first-order valence-electron chi connectivity index (χ1n) is 7.39. The van der Waals surface area contributed by atoms with E-state index in [4.69, 9.17) is 9.47 Å². The molecule has 0 saturated carbocycles. The van der Waals surface area contributed by atoms with Crippen molar-refractivity contribution in [2.24, 2.45) is 0 Å². The average Bonchev–Trinajstić information content (AvgIpc) is 2.56. The molecule has 1 N–H and O–H groups in total. The average molecular weight is 285 g/mol.